The van der Waals surface area contributed by atoms with Gasteiger partial charge in [0.15, 0.2) is 5.78 Å². The van der Waals surface area contributed by atoms with Crippen LogP contribution < -0.4 is 0 Å². The number of hydrogen-bond donors (Lipinski definition) is 0. The largest absolute Gasteiger partial charge is 0.293 e. The second kappa shape index (κ2) is 5.20. The van der Waals surface area contributed by atoms with Crippen molar-refractivity contribution in [3.63, 3.8) is 0 Å². The molecular formula is C22H18O. The minimum Gasteiger partial charge on any atom is -0.293 e. The Kier molecular flexibility index (Phi) is 3.16. The maximum atomic E-state index is 13.3. The number of fused-ring (bicyclic) bond motifs is 3. The van der Waals surface area contributed by atoms with Gasteiger partial charge in [0, 0.05) is 5.56 Å². The van der Waals surface area contributed by atoms with Crippen LogP contribution in [0.1, 0.15) is 28.4 Å². The van der Waals surface area contributed by atoms with Crippen molar-refractivity contribution in [3.05, 3.63) is 95.6 Å². The average Bonchev–Trinajstić information content (AvgIpc) is 2.62. The highest BCUT2D eigenvalue weighted by atomic mass is 16.1. The molecule has 0 fully saturated rings. The summed E-state index contributed by atoms with van der Waals surface area (Å²) in [6.45, 7) is 2.08. The summed E-state index contributed by atoms with van der Waals surface area (Å²) in [6.07, 6.45) is 0.744. The van der Waals surface area contributed by atoms with Gasteiger partial charge < -0.3 is 0 Å². The van der Waals surface area contributed by atoms with Gasteiger partial charge >= 0.3 is 0 Å². The fourth-order valence-electron chi connectivity index (χ4n) is 3.72. The van der Waals surface area contributed by atoms with Gasteiger partial charge in [-0.1, -0.05) is 78.9 Å². The fraction of sp³-hybridized carbons (Fsp3) is 0.136. The van der Waals surface area contributed by atoms with Crippen molar-refractivity contribution in [3.8, 4) is 11.1 Å². The Balaban J connectivity index is 1.92. The van der Waals surface area contributed by atoms with E-state index in [0.29, 0.717) is 0 Å². The van der Waals surface area contributed by atoms with Crippen LogP contribution in [0, 0.1) is 0 Å². The summed E-state index contributed by atoms with van der Waals surface area (Å²) in [4.78, 5) is 13.3. The monoisotopic (exact) mass is 298 g/mol. The van der Waals surface area contributed by atoms with Crippen molar-refractivity contribution < 1.29 is 4.79 Å². The van der Waals surface area contributed by atoms with Crippen LogP contribution in [-0.4, -0.2) is 5.78 Å². The third-order valence-electron chi connectivity index (χ3n) is 4.91. The minimum absolute atomic E-state index is 0.194. The normalized spacial score (nSPS) is 18.8. The number of ketones is 1. The van der Waals surface area contributed by atoms with Gasteiger partial charge in [0.1, 0.15) is 0 Å². The second-order valence-corrected chi connectivity index (χ2v) is 6.41. The van der Waals surface area contributed by atoms with Gasteiger partial charge in [-0.25, -0.2) is 0 Å². The molecule has 0 bridgehead atoms. The lowest BCUT2D eigenvalue weighted by molar-refractivity contribution is 0.0894. The molecule has 0 unspecified atom stereocenters. The molecule has 1 aliphatic carbocycles. The van der Waals surface area contributed by atoms with E-state index in [0.717, 1.165) is 17.5 Å². The van der Waals surface area contributed by atoms with Gasteiger partial charge in [0.25, 0.3) is 0 Å². The Morgan fingerprint density at radius 1 is 0.783 bits per heavy atom. The smallest absolute Gasteiger partial charge is 0.173 e. The van der Waals surface area contributed by atoms with Crippen LogP contribution in [0.5, 0.6) is 0 Å². The van der Waals surface area contributed by atoms with Crippen LogP contribution >= 0.6 is 0 Å². The summed E-state index contributed by atoms with van der Waals surface area (Å²) in [5.41, 5.74) is 5.07. The van der Waals surface area contributed by atoms with Gasteiger partial charge in [-0.3, -0.25) is 4.79 Å². The lowest BCUT2D eigenvalue weighted by Crippen LogP contribution is -2.37. The van der Waals surface area contributed by atoms with E-state index in [2.05, 4.69) is 43.3 Å². The predicted octanol–water partition coefficient (Wildman–Crippen LogP) is 5.05. The lowest BCUT2D eigenvalue weighted by atomic mass is 9.65. The summed E-state index contributed by atoms with van der Waals surface area (Å²) in [7, 11) is 0. The first kappa shape index (κ1) is 14.0. The van der Waals surface area contributed by atoms with Gasteiger partial charge in [-0.15, -0.1) is 0 Å². The predicted molar refractivity (Wildman–Crippen MR) is 93.7 cm³/mol. The molecule has 0 heterocycles. The third kappa shape index (κ3) is 2.12. The van der Waals surface area contributed by atoms with E-state index in [1.54, 1.807) is 0 Å². The van der Waals surface area contributed by atoms with Crippen molar-refractivity contribution in [1.29, 1.82) is 0 Å². The first-order valence-electron chi connectivity index (χ1n) is 7.98. The summed E-state index contributed by atoms with van der Waals surface area (Å²) in [6, 6.07) is 26.4. The minimum atomic E-state index is -0.522. The quantitative estimate of drug-likeness (QED) is 0.605. The summed E-state index contributed by atoms with van der Waals surface area (Å²) in [5, 5.41) is 0. The van der Waals surface area contributed by atoms with E-state index in [-0.39, 0.29) is 5.78 Å². The molecule has 1 nitrogen and oxygen atoms in total. The molecule has 0 saturated carbocycles. The highest BCUT2D eigenvalue weighted by Gasteiger charge is 2.40. The highest BCUT2D eigenvalue weighted by Crippen LogP contribution is 2.44. The zero-order chi connectivity index (χ0) is 15.9. The number of benzene rings is 3. The fourth-order valence-corrected chi connectivity index (χ4v) is 3.72. The van der Waals surface area contributed by atoms with Crippen molar-refractivity contribution in [1.82, 2.24) is 0 Å². The van der Waals surface area contributed by atoms with E-state index < -0.39 is 5.41 Å². The molecule has 23 heavy (non-hydrogen) atoms. The molecule has 0 spiro atoms. The molecule has 4 rings (SSSR count). The standard InChI is InChI=1S/C22H18O/c1-22(21(23)16-9-3-2-4-10-16)15-17-11-5-6-12-18(17)19-13-7-8-14-20(19)22/h2-14H,15H2,1H3/t22-/m1/s1. The molecule has 0 aliphatic heterocycles. The zero-order valence-electron chi connectivity index (χ0n) is 13.1. The second-order valence-electron chi connectivity index (χ2n) is 6.41. The van der Waals surface area contributed by atoms with Crippen molar-refractivity contribution >= 4 is 5.78 Å². The average molecular weight is 298 g/mol. The molecule has 0 aromatic heterocycles. The van der Waals surface area contributed by atoms with E-state index in [4.69, 9.17) is 0 Å². The van der Waals surface area contributed by atoms with Crippen molar-refractivity contribution in [2.75, 3.05) is 0 Å². The van der Waals surface area contributed by atoms with Crippen molar-refractivity contribution in [2.24, 2.45) is 0 Å². The number of rotatable bonds is 2. The highest BCUT2D eigenvalue weighted by molar-refractivity contribution is 6.06. The molecule has 0 amide bonds. The molecule has 112 valence electrons. The van der Waals surface area contributed by atoms with E-state index >= 15 is 0 Å². The molecule has 0 saturated heterocycles. The van der Waals surface area contributed by atoms with E-state index in [9.17, 15) is 4.79 Å². The number of carbonyl (C=O) groups is 1. The number of Topliss-reactive ketones (excluding diaryl/α,β-unsaturated/α-hetero) is 1. The molecule has 3 aromatic carbocycles. The zero-order valence-corrected chi connectivity index (χ0v) is 13.1. The van der Waals surface area contributed by atoms with E-state index in [1.165, 1.54) is 16.7 Å². The van der Waals surface area contributed by atoms with Crippen LogP contribution in [-0.2, 0) is 11.8 Å². The Morgan fingerprint density at radius 2 is 1.39 bits per heavy atom. The maximum Gasteiger partial charge on any atom is 0.173 e. The third-order valence-corrected chi connectivity index (χ3v) is 4.91. The molecule has 0 N–H and O–H groups in total. The van der Waals surface area contributed by atoms with Gasteiger partial charge in [-0.05, 0) is 35.6 Å². The topological polar surface area (TPSA) is 17.1 Å². The molecule has 1 atom stereocenters. The molecule has 3 aromatic rings. The van der Waals surface area contributed by atoms with Crippen LogP contribution in [0.3, 0.4) is 0 Å². The first-order valence-corrected chi connectivity index (χ1v) is 7.98. The molecule has 0 radical (unpaired) electrons. The summed E-state index contributed by atoms with van der Waals surface area (Å²) >= 11 is 0. The van der Waals surface area contributed by atoms with Crippen LogP contribution in [0.15, 0.2) is 78.9 Å². The lowest BCUT2D eigenvalue weighted by Gasteiger charge is -2.36. The van der Waals surface area contributed by atoms with Gasteiger partial charge in [0.05, 0.1) is 5.41 Å². The summed E-state index contributed by atoms with van der Waals surface area (Å²) < 4.78 is 0. The SMILES string of the molecule is C[C@@]1(C(=O)c2ccccc2)Cc2ccccc2-c2ccccc21. The van der Waals surface area contributed by atoms with Crippen molar-refractivity contribution in [2.45, 2.75) is 18.8 Å². The van der Waals surface area contributed by atoms with Gasteiger partial charge in [0.2, 0.25) is 0 Å². The molecule has 1 heteroatoms. The Morgan fingerprint density at radius 3 is 2.17 bits per heavy atom. The van der Waals surface area contributed by atoms with Crippen LogP contribution in [0.25, 0.3) is 11.1 Å². The Hall–Kier alpha value is -2.67. The van der Waals surface area contributed by atoms with Crippen LogP contribution in [0.2, 0.25) is 0 Å². The Bertz CT molecular complexity index is 879. The molecule has 1 aliphatic rings. The number of hydrogen-bond acceptors (Lipinski definition) is 1. The first-order chi connectivity index (χ1) is 11.2. The molecular weight excluding hydrogens is 280 g/mol. The Labute approximate surface area is 136 Å². The maximum absolute atomic E-state index is 13.3. The summed E-state index contributed by atoms with van der Waals surface area (Å²) in [5.74, 6) is 0.194. The number of carbonyl (C=O) groups excluding carboxylic acids is 1. The van der Waals surface area contributed by atoms with E-state index in [1.807, 2.05) is 42.5 Å². The van der Waals surface area contributed by atoms with Crippen LogP contribution in [0.4, 0.5) is 0 Å². The van der Waals surface area contributed by atoms with Gasteiger partial charge in [-0.2, -0.15) is 0 Å².